The van der Waals surface area contributed by atoms with E-state index < -0.39 is 10.8 Å². The zero-order valence-corrected chi connectivity index (χ0v) is 10.1. The molecule has 0 heterocycles. The van der Waals surface area contributed by atoms with Crippen LogP contribution in [0.4, 0.5) is 0 Å². The summed E-state index contributed by atoms with van der Waals surface area (Å²) in [5.74, 6) is 2.17. The normalized spacial score (nSPS) is 37.8. The lowest BCUT2D eigenvalue weighted by molar-refractivity contribution is 0.241. The van der Waals surface area contributed by atoms with Crippen LogP contribution in [-0.4, -0.2) is 15.7 Å². The van der Waals surface area contributed by atoms with Crippen molar-refractivity contribution in [1.29, 1.82) is 0 Å². The topological polar surface area (TPSA) is 17.1 Å². The molecule has 0 saturated heterocycles. The van der Waals surface area contributed by atoms with Gasteiger partial charge < -0.3 is 0 Å². The molecule has 0 aromatic rings. The summed E-state index contributed by atoms with van der Waals surface area (Å²) in [6.07, 6.45) is 5.66. The molecule has 1 aliphatic rings. The van der Waals surface area contributed by atoms with Gasteiger partial charge in [-0.05, 0) is 30.6 Å². The van der Waals surface area contributed by atoms with Crippen LogP contribution in [0, 0.1) is 17.8 Å². The first kappa shape index (κ1) is 11.2. The van der Waals surface area contributed by atoms with Gasteiger partial charge in [-0.1, -0.05) is 27.2 Å². The van der Waals surface area contributed by atoms with Crippen molar-refractivity contribution in [3.05, 3.63) is 0 Å². The van der Waals surface area contributed by atoms with Crippen LogP contribution in [0.5, 0.6) is 0 Å². The van der Waals surface area contributed by atoms with E-state index >= 15 is 0 Å². The summed E-state index contributed by atoms with van der Waals surface area (Å²) in [5.41, 5.74) is 0. The van der Waals surface area contributed by atoms with Gasteiger partial charge in [0.1, 0.15) is 0 Å². The minimum atomic E-state index is -0.623. The van der Waals surface area contributed by atoms with E-state index in [0.717, 1.165) is 5.92 Å². The van der Waals surface area contributed by atoms with Gasteiger partial charge in [0.2, 0.25) is 0 Å². The Hall–Kier alpha value is 0.150. The van der Waals surface area contributed by atoms with E-state index in [1.165, 1.54) is 19.3 Å². The summed E-state index contributed by atoms with van der Waals surface area (Å²) in [6, 6.07) is 0. The maximum absolute atomic E-state index is 11.6. The highest BCUT2D eigenvalue weighted by atomic mass is 32.2. The lowest BCUT2D eigenvalue weighted by Gasteiger charge is -2.35. The molecule has 0 aromatic carbocycles. The summed E-state index contributed by atoms with van der Waals surface area (Å²) in [7, 11) is -0.623. The third kappa shape index (κ3) is 2.80. The van der Waals surface area contributed by atoms with E-state index in [1.54, 1.807) is 0 Å². The van der Waals surface area contributed by atoms with Gasteiger partial charge in [-0.3, -0.25) is 4.21 Å². The molecule has 0 aliphatic heterocycles. The molecule has 78 valence electrons. The zero-order chi connectivity index (χ0) is 10.0. The third-order valence-electron chi connectivity index (χ3n) is 3.39. The van der Waals surface area contributed by atoms with Crippen molar-refractivity contribution in [2.45, 2.75) is 45.3 Å². The molecule has 1 fully saturated rings. The molecule has 13 heavy (non-hydrogen) atoms. The van der Waals surface area contributed by atoms with Gasteiger partial charge in [0, 0.05) is 22.3 Å². The fraction of sp³-hybridized carbons (Fsp3) is 1.00. The Bertz CT molecular complexity index is 189. The molecule has 1 saturated carbocycles. The van der Waals surface area contributed by atoms with Crippen molar-refractivity contribution in [3.63, 3.8) is 0 Å². The van der Waals surface area contributed by atoms with Gasteiger partial charge >= 0.3 is 0 Å². The zero-order valence-electron chi connectivity index (χ0n) is 9.25. The van der Waals surface area contributed by atoms with Gasteiger partial charge in [0.25, 0.3) is 0 Å². The summed E-state index contributed by atoms with van der Waals surface area (Å²) in [4.78, 5) is 0. The number of hydrogen-bond acceptors (Lipinski definition) is 1. The highest BCUT2D eigenvalue weighted by Crippen LogP contribution is 2.35. The monoisotopic (exact) mass is 202 g/mol. The van der Waals surface area contributed by atoms with E-state index in [2.05, 4.69) is 20.8 Å². The average Bonchev–Trinajstić information content (AvgIpc) is 2.03. The van der Waals surface area contributed by atoms with Crippen molar-refractivity contribution in [2.75, 3.05) is 6.26 Å². The molecule has 0 amide bonds. The smallest absolute Gasteiger partial charge is 0.0378 e. The molecule has 0 spiro atoms. The Morgan fingerprint density at radius 3 is 2.38 bits per heavy atom. The van der Waals surface area contributed by atoms with Crippen LogP contribution < -0.4 is 0 Å². The Labute approximate surface area is 84.8 Å². The summed E-state index contributed by atoms with van der Waals surface area (Å²) >= 11 is 0. The van der Waals surface area contributed by atoms with Crippen molar-refractivity contribution < 1.29 is 4.21 Å². The standard InChI is InChI=1S/C11H22OS/c1-8(2)10-6-5-9(3)7-11(10)13(4)12/h8-11H,5-7H2,1-4H3/t9-,10+,11+,13+/m1/s1. The number of rotatable bonds is 2. The van der Waals surface area contributed by atoms with Gasteiger partial charge in [0.05, 0.1) is 0 Å². The second-order valence-corrected chi connectivity index (χ2v) is 6.47. The van der Waals surface area contributed by atoms with Crippen LogP contribution in [0.25, 0.3) is 0 Å². The Balaban J connectivity index is 2.66. The Kier molecular flexibility index (Phi) is 3.96. The van der Waals surface area contributed by atoms with Gasteiger partial charge in [-0.25, -0.2) is 0 Å². The first-order valence-corrected chi connectivity index (χ1v) is 6.96. The first-order valence-electron chi connectivity index (χ1n) is 5.34. The largest absolute Gasteiger partial charge is 0.260 e. The molecule has 0 N–H and O–H groups in total. The maximum Gasteiger partial charge on any atom is 0.0378 e. The minimum absolute atomic E-state index is 0.462. The third-order valence-corrected chi connectivity index (χ3v) is 4.78. The molecule has 0 unspecified atom stereocenters. The first-order chi connectivity index (χ1) is 6.02. The lowest BCUT2D eigenvalue weighted by atomic mass is 9.77. The van der Waals surface area contributed by atoms with Crippen LogP contribution >= 0.6 is 0 Å². The molecule has 1 rings (SSSR count). The lowest BCUT2D eigenvalue weighted by Crippen LogP contribution is -2.34. The molecule has 0 aromatic heterocycles. The highest BCUT2D eigenvalue weighted by molar-refractivity contribution is 7.84. The molecule has 0 radical (unpaired) electrons. The molecular formula is C11H22OS. The highest BCUT2D eigenvalue weighted by Gasteiger charge is 2.32. The van der Waals surface area contributed by atoms with Crippen molar-refractivity contribution in [1.82, 2.24) is 0 Å². The van der Waals surface area contributed by atoms with Crippen molar-refractivity contribution in [2.24, 2.45) is 17.8 Å². The maximum atomic E-state index is 11.6. The average molecular weight is 202 g/mol. The van der Waals surface area contributed by atoms with E-state index in [-0.39, 0.29) is 0 Å². The summed E-state index contributed by atoms with van der Waals surface area (Å²) in [5, 5.41) is 0.462. The Morgan fingerprint density at radius 2 is 1.92 bits per heavy atom. The van der Waals surface area contributed by atoms with Crippen LogP contribution in [0.1, 0.15) is 40.0 Å². The van der Waals surface area contributed by atoms with Crippen LogP contribution in [0.15, 0.2) is 0 Å². The van der Waals surface area contributed by atoms with Gasteiger partial charge in [0.15, 0.2) is 0 Å². The molecular weight excluding hydrogens is 180 g/mol. The van der Waals surface area contributed by atoms with Crippen LogP contribution in [0.2, 0.25) is 0 Å². The SMILES string of the molecule is CC(C)[C@@H]1CC[C@@H](C)C[C@@H]1[S@](C)=O. The summed E-state index contributed by atoms with van der Waals surface area (Å²) < 4.78 is 11.6. The van der Waals surface area contributed by atoms with E-state index in [4.69, 9.17) is 0 Å². The molecule has 0 bridgehead atoms. The fourth-order valence-corrected chi connectivity index (χ4v) is 4.04. The number of hydrogen-bond donors (Lipinski definition) is 0. The summed E-state index contributed by atoms with van der Waals surface area (Å²) in [6.45, 7) is 6.82. The van der Waals surface area contributed by atoms with E-state index in [1.807, 2.05) is 6.26 Å². The second kappa shape index (κ2) is 4.59. The molecule has 4 atom stereocenters. The van der Waals surface area contributed by atoms with E-state index in [0.29, 0.717) is 17.1 Å². The van der Waals surface area contributed by atoms with Crippen LogP contribution in [-0.2, 0) is 10.8 Å². The predicted molar refractivity (Wildman–Crippen MR) is 59.2 cm³/mol. The van der Waals surface area contributed by atoms with Crippen LogP contribution in [0.3, 0.4) is 0 Å². The predicted octanol–water partition coefficient (Wildman–Crippen LogP) is 2.83. The van der Waals surface area contributed by atoms with Crippen molar-refractivity contribution >= 4 is 10.8 Å². The Morgan fingerprint density at radius 1 is 1.31 bits per heavy atom. The minimum Gasteiger partial charge on any atom is -0.260 e. The quantitative estimate of drug-likeness (QED) is 0.673. The van der Waals surface area contributed by atoms with Gasteiger partial charge in [-0.2, -0.15) is 0 Å². The fourth-order valence-electron chi connectivity index (χ4n) is 2.50. The van der Waals surface area contributed by atoms with Crippen molar-refractivity contribution in [3.8, 4) is 0 Å². The van der Waals surface area contributed by atoms with E-state index in [9.17, 15) is 4.21 Å². The molecule has 1 nitrogen and oxygen atoms in total. The molecule has 2 heteroatoms. The molecule has 1 aliphatic carbocycles. The second-order valence-electron chi connectivity index (χ2n) is 4.86. The van der Waals surface area contributed by atoms with Gasteiger partial charge in [-0.15, -0.1) is 0 Å².